The summed E-state index contributed by atoms with van der Waals surface area (Å²) in [6.45, 7) is 1.34. The molecule has 8 nitrogen and oxygen atoms in total. The molecule has 2 N–H and O–H groups in total. The van der Waals surface area contributed by atoms with E-state index in [2.05, 4.69) is 15.7 Å². The van der Waals surface area contributed by atoms with Gasteiger partial charge < -0.3 is 10.6 Å². The summed E-state index contributed by atoms with van der Waals surface area (Å²) in [4.78, 5) is 23.9. The fourth-order valence-electron chi connectivity index (χ4n) is 3.50. The van der Waals surface area contributed by atoms with Crippen molar-refractivity contribution in [2.75, 3.05) is 5.32 Å². The molecule has 1 heterocycles. The van der Waals surface area contributed by atoms with Gasteiger partial charge in [0, 0.05) is 37.1 Å². The van der Waals surface area contributed by atoms with Gasteiger partial charge >= 0.3 is 0 Å². The molecule has 0 saturated heterocycles. The molecule has 4 rings (SSSR count). The van der Waals surface area contributed by atoms with Gasteiger partial charge in [-0.15, -0.1) is 0 Å². The summed E-state index contributed by atoms with van der Waals surface area (Å²) in [6.07, 6.45) is 3.59. The number of carbonyl (C=O) groups is 1. The van der Waals surface area contributed by atoms with Crippen molar-refractivity contribution < 1.29 is 9.72 Å². The van der Waals surface area contributed by atoms with E-state index in [1.54, 1.807) is 18.3 Å². The second-order valence-corrected chi connectivity index (χ2v) is 7.48. The van der Waals surface area contributed by atoms with Gasteiger partial charge in [0.05, 0.1) is 11.5 Å². The molecule has 0 atom stereocenters. The molecule has 0 unspecified atom stereocenters. The van der Waals surface area contributed by atoms with Crippen LogP contribution in [0.3, 0.4) is 0 Å². The lowest BCUT2D eigenvalue weighted by Crippen LogP contribution is -2.23. The van der Waals surface area contributed by atoms with Crippen molar-refractivity contribution in [3.05, 3.63) is 124 Å². The zero-order valence-corrected chi connectivity index (χ0v) is 17.8. The number of nitro groups is 1. The number of benzene rings is 3. The number of amides is 1. The molecule has 0 aliphatic carbocycles. The number of nitrogens with one attached hydrogen (secondary N) is 2. The quantitative estimate of drug-likeness (QED) is 0.296. The normalized spacial score (nSPS) is 10.5. The third-order valence-electron chi connectivity index (χ3n) is 5.23. The molecule has 0 fully saturated rings. The summed E-state index contributed by atoms with van der Waals surface area (Å²) < 4.78 is 1.81. The average Bonchev–Trinajstić information content (AvgIpc) is 3.35. The maximum atomic E-state index is 12.7. The molecule has 0 spiro atoms. The predicted molar refractivity (Wildman–Crippen MR) is 126 cm³/mol. The first-order chi connectivity index (χ1) is 16.1. The Morgan fingerprint density at radius 2 is 1.70 bits per heavy atom. The van der Waals surface area contributed by atoms with Crippen LogP contribution in [0.15, 0.2) is 91.3 Å². The molecule has 33 heavy (non-hydrogen) atoms. The molecular formula is C25H23N5O3. The Bertz CT molecular complexity index is 1240. The zero-order valence-electron chi connectivity index (χ0n) is 17.8. The number of anilines is 1. The Morgan fingerprint density at radius 3 is 2.42 bits per heavy atom. The average molecular weight is 441 g/mol. The van der Waals surface area contributed by atoms with Gasteiger partial charge in [0.25, 0.3) is 11.6 Å². The number of carbonyl (C=O) groups excluding carboxylic acids is 1. The molecule has 8 heteroatoms. The summed E-state index contributed by atoms with van der Waals surface area (Å²) in [5, 5.41) is 21.8. The summed E-state index contributed by atoms with van der Waals surface area (Å²) in [7, 11) is 0. The molecule has 0 aliphatic heterocycles. The van der Waals surface area contributed by atoms with Gasteiger partial charge in [-0.05, 0) is 34.9 Å². The molecule has 1 amide bonds. The maximum absolute atomic E-state index is 12.7. The molecule has 4 aromatic rings. The van der Waals surface area contributed by atoms with E-state index >= 15 is 0 Å². The highest BCUT2D eigenvalue weighted by Gasteiger charge is 2.18. The van der Waals surface area contributed by atoms with Crippen molar-refractivity contribution in [3.8, 4) is 0 Å². The Hall–Kier alpha value is -4.46. The molecule has 0 aliphatic rings. The van der Waals surface area contributed by atoms with Crippen LogP contribution in [0, 0.1) is 10.1 Å². The number of hydrogen-bond donors (Lipinski definition) is 2. The molecule has 0 bridgehead atoms. The highest BCUT2D eigenvalue weighted by atomic mass is 16.6. The van der Waals surface area contributed by atoms with Gasteiger partial charge in [-0.2, -0.15) is 5.10 Å². The SMILES string of the molecule is O=C(NCc1ccccc1Cn1cccn1)c1ccc(NCc2ccccc2)c([N+](=O)[O-])c1. The largest absolute Gasteiger partial charge is 0.375 e. The van der Waals surface area contributed by atoms with E-state index in [1.807, 2.05) is 71.5 Å². The molecule has 166 valence electrons. The molecule has 1 aromatic heterocycles. The minimum absolute atomic E-state index is 0.141. The van der Waals surface area contributed by atoms with Gasteiger partial charge in [0.1, 0.15) is 5.69 Å². The summed E-state index contributed by atoms with van der Waals surface area (Å²) in [5.41, 5.74) is 3.45. The number of aromatic nitrogens is 2. The third kappa shape index (κ3) is 5.62. The van der Waals surface area contributed by atoms with Gasteiger partial charge in [0.2, 0.25) is 0 Å². The Morgan fingerprint density at radius 1 is 0.939 bits per heavy atom. The van der Waals surface area contributed by atoms with E-state index in [1.165, 1.54) is 6.07 Å². The van der Waals surface area contributed by atoms with Crippen LogP contribution in [0.4, 0.5) is 11.4 Å². The first-order valence-electron chi connectivity index (χ1n) is 10.5. The minimum Gasteiger partial charge on any atom is -0.375 e. The van der Waals surface area contributed by atoms with Gasteiger partial charge in [0.15, 0.2) is 0 Å². The van der Waals surface area contributed by atoms with Crippen LogP contribution in [0.1, 0.15) is 27.0 Å². The van der Waals surface area contributed by atoms with E-state index in [0.717, 1.165) is 16.7 Å². The van der Waals surface area contributed by atoms with Gasteiger partial charge in [-0.1, -0.05) is 54.6 Å². The van der Waals surface area contributed by atoms with Crippen LogP contribution in [-0.2, 0) is 19.6 Å². The third-order valence-corrected chi connectivity index (χ3v) is 5.23. The second-order valence-electron chi connectivity index (χ2n) is 7.48. The van der Waals surface area contributed by atoms with Crippen molar-refractivity contribution >= 4 is 17.3 Å². The standard InChI is InChI=1S/C25H23N5O3/c31-25(27-17-21-9-4-5-10-22(21)18-29-14-6-13-28-29)20-11-12-23(24(15-20)30(32)33)26-16-19-7-2-1-3-8-19/h1-15,26H,16-18H2,(H,27,31). The first-order valence-corrected chi connectivity index (χ1v) is 10.5. The highest BCUT2D eigenvalue weighted by Crippen LogP contribution is 2.26. The van der Waals surface area contributed by atoms with Gasteiger partial charge in [-0.25, -0.2) is 0 Å². The van der Waals surface area contributed by atoms with E-state index in [4.69, 9.17) is 0 Å². The number of nitrogens with zero attached hydrogens (tertiary/aromatic N) is 3. The van der Waals surface area contributed by atoms with Crippen LogP contribution in [0.2, 0.25) is 0 Å². The van der Waals surface area contributed by atoms with Crippen molar-refractivity contribution in [2.24, 2.45) is 0 Å². The smallest absolute Gasteiger partial charge is 0.293 e. The Kier molecular flexibility index (Phi) is 6.75. The molecule has 0 radical (unpaired) electrons. The van der Waals surface area contributed by atoms with E-state index in [9.17, 15) is 14.9 Å². The van der Waals surface area contributed by atoms with Crippen molar-refractivity contribution in [2.45, 2.75) is 19.6 Å². The maximum Gasteiger partial charge on any atom is 0.293 e. The summed E-state index contributed by atoms with van der Waals surface area (Å²) >= 11 is 0. The van der Waals surface area contributed by atoms with Crippen molar-refractivity contribution in [1.82, 2.24) is 15.1 Å². The predicted octanol–water partition coefficient (Wildman–Crippen LogP) is 4.38. The number of hydrogen-bond acceptors (Lipinski definition) is 5. The van der Waals surface area contributed by atoms with Crippen LogP contribution in [0.5, 0.6) is 0 Å². The minimum atomic E-state index is -0.483. The number of rotatable bonds is 9. The molecule has 0 saturated carbocycles. The monoisotopic (exact) mass is 441 g/mol. The van der Waals surface area contributed by atoms with E-state index < -0.39 is 4.92 Å². The summed E-state index contributed by atoms with van der Waals surface area (Å²) in [6, 6.07) is 23.7. The van der Waals surface area contributed by atoms with E-state index in [0.29, 0.717) is 25.3 Å². The zero-order chi connectivity index (χ0) is 23.0. The lowest BCUT2D eigenvalue weighted by molar-refractivity contribution is -0.384. The Labute approximate surface area is 191 Å². The lowest BCUT2D eigenvalue weighted by Gasteiger charge is -2.12. The molecular weight excluding hydrogens is 418 g/mol. The van der Waals surface area contributed by atoms with Crippen molar-refractivity contribution in [3.63, 3.8) is 0 Å². The first kappa shape index (κ1) is 21.8. The van der Waals surface area contributed by atoms with Crippen LogP contribution >= 0.6 is 0 Å². The van der Waals surface area contributed by atoms with Crippen LogP contribution in [-0.4, -0.2) is 20.6 Å². The molecule has 3 aromatic carbocycles. The lowest BCUT2D eigenvalue weighted by atomic mass is 10.1. The number of nitro benzene ring substituents is 1. The van der Waals surface area contributed by atoms with E-state index in [-0.39, 0.29) is 17.2 Å². The van der Waals surface area contributed by atoms with Crippen LogP contribution < -0.4 is 10.6 Å². The topological polar surface area (TPSA) is 102 Å². The van der Waals surface area contributed by atoms with Gasteiger partial charge in [-0.3, -0.25) is 19.6 Å². The Balaban J connectivity index is 1.44. The highest BCUT2D eigenvalue weighted by molar-refractivity contribution is 5.95. The van der Waals surface area contributed by atoms with Crippen LogP contribution in [0.25, 0.3) is 0 Å². The summed E-state index contributed by atoms with van der Waals surface area (Å²) in [5.74, 6) is -0.374. The fourth-order valence-corrected chi connectivity index (χ4v) is 3.50. The fraction of sp³-hybridized carbons (Fsp3) is 0.120. The van der Waals surface area contributed by atoms with Crippen molar-refractivity contribution in [1.29, 1.82) is 0 Å². The second kappa shape index (κ2) is 10.2.